The van der Waals surface area contributed by atoms with Crippen molar-refractivity contribution in [2.75, 3.05) is 18.8 Å². The number of aromatic nitrogens is 1. The molecule has 0 amide bonds. The maximum atomic E-state index is 10.2. The number of nitrogens with zero attached hydrogens (tertiary/aromatic N) is 1. The summed E-state index contributed by atoms with van der Waals surface area (Å²) in [5.41, 5.74) is 6.49. The molecule has 1 aliphatic rings. The molecule has 0 radical (unpaired) electrons. The molecular formula is C11H17N3O. The van der Waals surface area contributed by atoms with Crippen LogP contribution in [-0.2, 0) is 0 Å². The highest BCUT2D eigenvalue weighted by Crippen LogP contribution is 2.29. The predicted molar refractivity (Wildman–Crippen MR) is 59.2 cm³/mol. The van der Waals surface area contributed by atoms with E-state index < -0.39 is 6.10 Å². The Morgan fingerprint density at radius 1 is 1.60 bits per heavy atom. The van der Waals surface area contributed by atoms with Gasteiger partial charge in [0, 0.05) is 24.2 Å². The van der Waals surface area contributed by atoms with Gasteiger partial charge in [-0.3, -0.25) is 0 Å². The Labute approximate surface area is 89.5 Å². The quantitative estimate of drug-likeness (QED) is 0.667. The molecule has 0 saturated carbocycles. The number of pyridine rings is 1. The predicted octanol–water partition coefficient (Wildman–Crippen LogP) is 0.697. The van der Waals surface area contributed by atoms with Crippen molar-refractivity contribution in [2.45, 2.75) is 18.9 Å². The first-order chi connectivity index (χ1) is 7.29. The maximum absolute atomic E-state index is 10.2. The van der Waals surface area contributed by atoms with Crippen LogP contribution in [-0.4, -0.2) is 23.2 Å². The lowest BCUT2D eigenvalue weighted by molar-refractivity contribution is 0.0925. The van der Waals surface area contributed by atoms with E-state index in [9.17, 15) is 5.11 Å². The van der Waals surface area contributed by atoms with E-state index in [-0.39, 0.29) is 5.92 Å². The maximum Gasteiger partial charge on any atom is 0.129 e. The number of aliphatic hydroxyl groups is 1. The summed E-state index contributed by atoms with van der Waals surface area (Å²) in [6, 6.07) is 3.66. The molecule has 2 heterocycles. The molecule has 2 rings (SSSR count). The van der Waals surface area contributed by atoms with E-state index in [0.717, 1.165) is 31.5 Å². The Kier molecular flexibility index (Phi) is 3.18. The number of hydrogen-bond donors (Lipinski definition) is 3. The van der Waals surface area contributed by atoms with Gasteiger partial charge in [0.2, 0.25) is 0 Å². The fourth-order valence-corrected chi connectivity index (χ4v) is 2.08. The zero-order valence-electron chi connectivity index (χ0n) is 8.69. The van der Waals surface area contributed by atoms with Gasteiger partial charge in [-0.15, -0.1) is 0 Å². The molecule has 1 aliphatic heterocycles. The summed E-state index contributed by atoms with van der Waals surface area (Å²) in [5, 5.41) is 13.4. The molecule has 4 N–H and O–H groups in total. The van der Waals surface area contributed by atoms with Crippen molar-refractivity contribution in [3.8, 4) is 0 Å². The molecule has 82 valence electrons. The Hall–Kier alpha value is -1.13. The van der Waals surface area contributed by atoms with Crippen molar-refractivity contribution < 1.29 is 5.11 Å². The standard InChI is InChI=1S/C11H17N3O/c12-11-9(4-2-6-14-11)10(15)8-3-1-5-13-7-8/h2,4,6,8,10,13,15H,1,3,5,7H2,(H2,12,14). The minimum Gasteiger partial charge on any atom is -0.388 e. The van der Waals surface area contributed by atoms with Crippen LogP contribution >= 0.6 is 0 Å². The Morgan fingerprint density at radius 3 is 3.13 bits per heavy atom. The second-order valence-electron chi connectivity index (χ2n) is 4.03. The minimum atomic E-state index is -0.494. The van der Waals surface area contributed by atoms with E-state index in [1.165, 1.54) is 0 Å². The molecule has 4 nitrogen and oxygen atoms in total. The SMILES string of the molecule is Nc1ncccc1C(O)C1CCCNC1. The summed E-state index contributed by atoms with van der Waals surface area (Å²) in [7, 11) is 0. The summed E-state index contributed by atoms with van der Waals surface area (Å²) in [6.07, 6.45) is 3.31. The van der Waals surface area contributed by atoms with Gasteiger partial charge in [-0.25, -0.2) is 4.98 Å². The van der Waals surface area contributed by atoms with Gasteiger partial charge in [-0.05, 0) is 25.5 Å². The summed E-state index contributed by atoms with van der Waals surface area (Å²) in [5.74, 6) is 0.695. The smallest absolute Gasteiger partial charge is 0.129 e. The molecule has 0 bridgehead atoms. The second-order valence-corrected chi connectivity index (χ2v) is 4.03. The summed E-state index contributed by atoms with van der Waals surface area (Å²) in [4.78, 5) is 3.99. The lowest BCUT2D eigenvalue weighted by Crippen LogP contribution is -2.33. The van der Waals surface area contributed by atoms with Gasteiger partial charge in [-0.1, -0.05) is 6.07 Å². The monoisotopic (exact) mass is 207 g/mol. The number of rotatable bonds is 2. The number of anilines is 1. The molecule has 2 unspecified atom stereocenters. The average molecular weight is 207 g/mol. The first-order valence-corrected chi connectivity index (χ1v) is 5.38. The molecule has 1 saturated heterocycles. The average Bonchev–Trinajstić information content (AvgIpc) is 2.30. The van der Waals surface area contributed by atoms with Crippen LogP contribution < -0.4 is 11.1 Å². The van der Waals surface area contributed by atoms with Gasteiger partial charge < -0.3 is 16.2 Å². The molecule has 0 spiro atoms. The Bertz CT molecular complexity index is 323. The van der Waals surface area contributed by atoms with Crippen molar-refractivity contribution in [1.29, 1.82) is 0 Å². The van der Waals surface area contributed by atoms with Crippen molar-refractivity contribution >= 4 is 5.82 Å². The highest BCUT2D eigenvalue weighted by Gasteiger charge is 2.24. The number of nitrogen functional groups attached to an aromatic ring is 1. The fraction of sp³-hybridized carbons (Fsp3) is 0.545. The van der Waals surface area contributed by atoms with E-state index in [4.69, 9.17) is 5.73 Å². The van der Waals surface area contributed by atoms with Gasteiger partial charge in [0.1, 0.15) is 5.82 Å². The molecule has 1 fully saturated rings. The van der Waals surface area contributed by atoms with Gasteiger partial charge in [0.05, 0.1) is 6.10 Å². The Balaban J connectivity index is 2.12. The van der Waals surface area contributed by atoms with Crippen LogP contribution in [0.3, 0.4) is 0 Å². The first-order valence-electron chi connectivity index (χ1n) is 5.38. The summed E-state index contributed by atoms with van der Waals surface area (Å²) in [6.45, 7) is 1.90. The first kappa shape index (κ1) is 10.4. The zero-order chi connectivity index (χ0) is 10.7. The van der Waals surface area contributed by atoms with Gasteiger partial charge in [-0.2, -0.15) is 0 Å². The number of hydrogen-bond acceptors (Lipinski definition) is 4. The highest BCUT2D eigenvalue weighted by molar-refractivity contribution is 5.40. The summed E-state index contributed by atoms with van der Waals surface area (Å²) >= 11 is 0. The van der Waals surface area contributed by atoms with Gasteiger partial charge in [0.25, 0.3) is 0 Å². The highest BCUT2D eigenvalue weighted by atomic mass is 16.3. The number of nitrogens with one attached hydrogen (secondary N) is 1. The van der Waals surface area contributed by atoms with Crippen LogP contribution in [0.15, 0.2) is 18.3 Å². The number of nitrogens with two attached hydrogens (primary N) is 1. The fourth-order valence-electron chi connectivity index (χ4n) is 2.08. The van der Waals surface area contributed by atoms with E-state index in [1.807, 2.05) is 12.1 Å². The van der Waals surface area contributed by atoms with Crippen molar-refractivity contribution in [2.24, 2.45) is 5.92 Å². The van der Waals surface area contributed by atoms with E-state index >= 15 is 0 Å². The minimum absolute atomic E-state index is 0.255. The van der Waals surface area contributed by atoms with Crippen LogP contribution in [0.2, 0.25) is 0 Å². The van der Waals surface area contributed by atoms with E-state index in [1.54, 1.807) is 6.20 Å². The van der Waals surface area contributed by atoms with Crippen LogP contribution in [0.5, 0.6) is 0 Å². The summed E-state index contributed by atoms with van der Waals surface area (Å²) < 4.78 is 0. The second kappa shape index (κ2) is 4.59. The lowest BCUT2D eigenvalue weighted by Gasteiger charge is -2.27. The van der Waals surface area contributed by atoms with Crippen LogP contribution in [0, 0.1) is 5.92 Å². The van der Waals surface area contributed by atoms with Crippen molar-refractivity contribution in [3.63, 3.8) is 0 Å². The molecule has 2 atom stereocenters. The molecule has 15 heavy (non-hydrogen) atoms. The van der Waals surface area contributed by atoms with Crippen molar-refractivity contribution in [3.05, 3.63) is 23.9 Å². The topological polar surface area (TPSA) is 71.2 Å². The molecule has 1 aromatic rings. The van der Waals surface area contributed by atoms with Crippen LogP contribution in [0.1, 0.15) is 24.5 Å². The Morgan fingerprint density at radius 2 is 2.47 bits per heavy atom. The molecule has 1 aromatic heterocycles. The lowest BCUT2D eigenvalue weighted by atomic mass is 9.90. The largest absolute Gasteiger partial charge is 0.388 e. The zero-order valence-corrected chi connectivity index (χ0v) is 8.69. The van der Waals surface area contributed by atoms with E-state index in [0.29, 0.717) is 5.82 Å². The van der Waals surface area contributed by atoms with Crippen molar-refractivity contribution in [1.82, 2.24) is 10.3 Å². The number of aliphatic hydroxyl groups excluding tert-OH is 1. The number of piperidine rings is 1. The van der Waals surface area contributed by atoms with Gasteiger partial charge >= 0.3 is 0 Å². The van der Waals surface area contributed by atoms with Crippen LogP contribution in [0.25, 0.3) is 0 Å². The third kappa shape index (κ3) is 2.27. The molecule has 0 aliphatic carbocycles. The van der Waals surface area contributed by atoms with Crippen LogP contribution in [0.4, 0.5) is 5.82 Å². The van der Waals surface area contributed by atoms with Gasteiger partial charge in [0.15, 0.2) is 0 Å². The molecular weight excluding hydrogens is 190 g/mol. The molecule has 4 heteroatoms. The third-order valence-corrected chi connectivity index (χ3v) is 2.97. The molecule has 0 aromatic carbocycles. The van der Waals surface area contributed by atoms with E-state index in [2.05, 4.69) is 10.3 Å². The normalized spacial score (nSPS) is 23.7. The third-order valence-electron chi connectivity index (χ3n) is 2.97.